The zero-order valence-electron chi connectivity index (χ0n) is 19.4. The molecule has 0 aliphatic carbocycles. The lowest BCUT2D eigenvalue weighted by Crippen LogP contribution is -2.30. The van der Waals surface area contributed by atoms with Crippen molar-refractivity contribution >= 4 is 29.3 Å². The summed E-state index contributed by atoms with van der Waals surface area (Å²) in [6.07, 6.45) is 5.03. The largest absolute Gasteiger partial charge is 0.337 e. The Hall–Kier alpha value is -4.31. The summed E-state index contributed by atoms with van der Waals surface area (Å²) in [6.45, 7) is 2.19. The summed E-state index contributed by atoms with van der Waals surface area (Å²) in [5, 5.41) is 11.0. The Morgan fingerprint density at radius 3 is 2.75 bits per heavy atom. The second-order valence-corrected chi connectivity index (χ2v) is 9.01. The molecule has 0 atom stereocenters. The van der Waals surface area contributed by atoms with Crippen LogP contribution in [0.15, 0.2) is 84.3 Å². The molecule has 5 rings (SSSR count). The third kappa shape index (κ3) is 5.18. The van der Waals surface area contributed by atoms with Crippen LogP contribution in [0.2, 0.25) is 0 Å². The molecular weight excluding hydrogens is 477 g/mol. The van der Waals surface area contributed by atoms with Gasteiger partial charge >= 0.3 is 6.03 Å². The average molecular weight is 500 g/mol. The number of carbonyl (C=O) groups excluding carboxylic acids is 1. The molecule has 0 fully saturated rings. The van der Waals surface area contributed by atoms with Gasteiger partial charge in [0.25, 0.3) is 0 Å². The first-order valence-electron chi connectivity index (χ1n) is 11.2. The first-order chi connectivity index (χ1) is 17.6. The number of anilines is 1. The second kappa shape index (κ2) is 10.5. The normalized spacial score (nSPS) is 10.9. The number of nitrogens with one attached hydrogen (secondary N) is 2. The number of hydrogen-bond acceptors (Lipinski definition) is 6. The van der Waals surface area contributed by atoms with Crippen molar-refractivity contribution in [3.05, 3.63) is 90.6 Å². The van der Waals surface area contributed by atoms with Crippen LogP contribution in [0, 0.1) is 12.7 Å². The third-order valence-electron chi connectivity index (χ3n) is 5.37. The number of urea groups is 1. The van der Waals surface area contributed by atoms with Gasteiger partial charge in [-0.3, -0.25) is 5.32 Å². The van der Waals surface area contributed by atoms with Crippen molar-refractivity contribution in [1.29, 1.82) is 0 Å². The Kier molecular flexibility index (Phi) is 6.85. The van der Waals surface area contributed by atoms with Gasteiger partial charge in [-0.2, -0.15) is 5.10 Å². The van der Waals surface area contributed by atoms with E-state index in [0.717, 1.165) is 16.2 Å². The van der Waals surface area contributed by atoms with Gasteiger partial charge in [0.15, 0.2) is 5.65 Å². The monoisotopic (exact) mass is 499 g/mol. The van der Waals surface area contributed by atoms with E-state index in [2.05, 4.69) is 25.7 Å². The molecule has 8 nitrogen and oxygen atoms in total. The quantitative estimate of drug-likeness (QED) is 0.236. The zero-order chi connectivity index (χ0) is 24.9. The minimum atomic E-state index is -0.355. The van der Waals surface area contributed by atoms with Gasteiger partial charge in [0.2, 0.25) is 0 Å². The smallest absolute Gasteiger partial charge is 0.320 e. The molecule has 0 aliphatic heterocycles. The Morgan fingerprint density at radius 1 is 1.00 bits per heavy atom. The molecule has 0 bridgehead atoms. The van der Waals surface area contributed by atoms with Crippen LogP contribution in [-0.4, -0.2) is 42.9 Å². The number of pyridine rings is 2. The van der Waals surface area contributed by atoms with Crippen LogP contribution in [0.4, 0.5) is 15.0 Å². The summed E-state index contributed by atoms with van der Waals surface area (Å²) in [6, 6.07) is 17.5. The van der Waals surface area contributed by atoms with Crippen LogP contribution < -0.4 is 10.6 Å². The molecule has 1 aromatic carbocycles. The lowest BCUT2D eigenvalue weighted by atomic mass is 10.0. The number of carbonyl (C=O) groups is 1. The average Bonchev–Trinajstić information content (AvgIpc) is 3.29. The molecule has 5 aromatic rings. The number of nitrogens with zero attached hydrogens (tertiary/aromatic N) is 5. The summed E-state index contributed by atoms with van der Waals surface area (Å²) >= 11 is 1.56. The van der Waals surface area contributed by atoms with Crippen LogP contribution in [-0.2, 0) is 0 Å². The van der Waals surface area contributed by atoms with Crippen molar-refractivity contribution in [2.24, 2.45) is 0 Å². The van der Waals surface area contributed by atoms with E-state index in [1.807, 2.05) is 36.4 Å². The first kappa shape index (κ1) is 23.4. The number of amides is 2. The summed E-state index contributed by atoms with van der Waals surface area (Å²) < 4.78 is 15.6. The highest BCUT2D eigenvalue weighted by atomic mass is 32.2. The van der Waals surface area contributed by atoms with Gasteiger partial charge in [0.1, 0.15) is 17.3 Å². The van der Waals surface area contributed by atoms with E-state index in [-0.39, 0.29) is 11.8 Å². The van der Waals surface area contributed by atoms with Crippen molar-refractivity contribution in [3.8, 4) is 22.5 Å². The van der Waals surface area contributed by atoms with Crippen molar-refractivity contribution < 1.29 is 9.18 Å². The van der Waals surface area contributed by atoms with Gasteiger partial charge in [-0.05, 0) is 67.1 Å². The lowest BCUT2D eigenvalue weighted by molar-refractivity contribution is 0.252. The fourth-order valence-corrected chi connectivity index (χ4v) is 4.42. The highest BCUT2D eigenvalue weighted by molar-refractivity contribution is 7.99. The molecule has 10 heteroatoms. The second-order valence-electron chi connectivity index (χ2n) is 7.89. The number of fused-ring (bicyclic) bond motifs is 1. The van der Waals surface area contributed by atoms with Crippen LogP contribution in [0.3, 0.4) is 0 Å². The zero-order valence-corrected chi connectivity index (χ0v) is 20.2. The molecular formula is C26H22FN7OS. The number of benzene rings is 1. The van der Waals surface area contributed by atoms with Gasteiger partial charge in [-0.15, -0.1) is 11.8 Å². The summed E-state index contributed by atoms with van der Waals surface area (Å²) in [5.74, 6) is 0.794. The number of hydrogen-bond donors (Lipinski definition) is 2. The molecule has 0 unspecified atom stereocenters. The minimum absolute atomic E-state index is 0.276. The van der Waals surface area contributed by atoms with E-state index in [1.54, 1.807) is 60.0 Å². The maximum Gasteiger partial charge on any atom is 0.320 e. The van der Waals surface area contributed by atoms with Crippen LogP contribution in [0.5, 0.6) is 0 Å². The van der Waals surface area contributed by atoms with E-state index in [4.69, 9.17) is 4.98 Å². The number of rotatable bonds is 7. The Morgan fingerprint density at radius 2 is 1.92 bits per heavy atom. The third-order valence-corrected chi connectivity index (χ3v) is 6.32. The molecule has 2 amide bonds. The van der Waals surface area contributed by atoms with Crippen LogP contribution in [0.1, 0.15) is 5.56 Å². The number of halogens is 1. The highest BCUT2D eigenvalue weighted by Crippen LogP contribution is 2.33. The Balaban J connectivity index is 1.36. The molecule has 4 heterocycles. The van der Waals surface area contributed by atoms with Crippen molar-refractivity contribution in [2.75, 3.05) is 17.6 Å². The SMILES string of the molecule is Cc1cc(-c2nc3cccnn3c2-c2ccnc(NC(=O)NCCSc3ccccn3)c2)ccc1F. The summed E-state index contributed by atoms with van der Waals surface area (Å²) in [7, 11) is 0. The summed E-state index contributed by atoms with van der Waals surface area (Å²) in [5.41, 5.74) is 4.08. The van der Waals surface area contributed by atoms with Crippen molar-refractivity contribution in [3.63, 3.8) is 0 Å². The van der Waals surface area contributed by atoms with Gasteiger partial charge in [0.05, 0.1) is 10.7 Å². The molecule has 0 radical (unpaired) electrons. The van der Waals surface area contributed by atoms with E-state index in [9.17, 15) is 9.18 Å². The molecule has 0 saturated carbocycles. The minimum Gasteiger partial charge on any atom is -0.337 e. The van der Waals surface area contributed by atoms with Crippen LogP contribution >= 0.6 is 11.8 Å². The standard InChI is InChI=1S/C26H22FN7OS/c1-17-15-18(7-8-20(17)27)24-25(34-22(33-24)5-4-11-31-34)19-9-12-28-21(16-19)32-26(35)30-13-14-36-23-6-2-3-10-29-23/h2-12,15-16H,13-14H2,1H3,(H2,28,30,32,35). The van der Waals surface area contributed by atoms with E-state index in [1.165, 1.54) is 6.07 Å². The predicted octanol–water partition coefficient (Wildman–Crippen LogP) is 5.21. The number of aromatic nitrogens is 5. The van der Waals surface area contributed by atoms with Crippen LogP contribution in [0.25, 0.3) is 28.2 Å². The maximum atomic E-state index is 13.9. The molecule has 0 saturated heterocycles. The van der Waals surface area contributed by atoms with Gasteiger partial charge < -0.3 is 5.32 Å². The Bertz CT molecular complexity index is 1520. The van der Waals surface area contributed by atoms with Gasteiger partial charge in [-0.25, -0.2) is 28.7 Å². The first-order valence-corrected chi connectivity index (χ1v) is 12.2. The van der Waals surface area contributed by atoms with E-state index < -0.39 is 0 Å². The maximum absolute atomic E-state index is 13.9. The highest BCUT2D eigenvalue weighted by Gasteiger charge is 2.18. The molecule has 4 aromatic heterocycles. The lowest BCUT2D eigenvalue weighted by Gasteiger charge is -2.09. The fraction of sp³-hybridized carbons (Fsp3) is 0.115. The van der Waals surface area contributed by atoms with Gasteiger partial charge in [0, 0.05) is 42.0 Å². The molecule has 36 heavy (non-hydrogen) atoms. The molecule has 0 aliphatic rings. The molecule has 180 valence electrons. The Labute approximate surface area is 211 Å². The molecule has 0 spiro atoms. The van der Waals surface area contributed by atoms with Crippen molar-refractivity contribution in [2.45, 2.75) is 11.9 Å². The summed E-state index contributed by atoms with van der Waals surface area (Å²) in [4.78, 5) is 25.7. The van der Waals surface area contributed by atoms with E-state index in [0.29, 0.717) is 40.7 Å². The number of imidazole rings is 1. The molecule has 2 N–H and O–H groups in total. The number of aryl methyl sites for hydroxylation is 1. The van der Waals surface area contributed by atoms with Crippen molar-refractivity contribution in [1.82, 2.24) is 29.9 Å². The predicted molar refractivity (Wildman–Crippen MR) is 138 cm³/mol. The topological polar surface area (TPSA) is 97.1 Å². The van der Waals surface area contributed by atoms with Gasteiger partial charge in [-0.1, -0.05) is 6.07 Å². The van der Waals surface area contributed by atoms with E-state index >= 15 is 0 Å². The fourth-order valence-electron chi connectivity index (χ4n) is 3.70. The number of thioether (sulfide) groups is 1.